The van der Waals surface area contributed by atoms with E-state index in [9.17, 15) is 14.4 Å². The Morgan fingerprint density at radius 1 is 0.947 bits per heavy atom. The maximum absolute atomic E-state index is 11.9. The van der Waals surface area contributed by atoms with Gasteiger partial charge in [-0.25, -0.2) is 14.6 Å². The molecule has 1 N–H and O–H groups in total. The summed E-state index contributed by atoms with van der Waals surface area (Å²) < 4.78 is 17.5. The minimum atomic E-state index is -0.779. The van der Waals surface area contributed by atoms with Gasteiger partial charge in [0.25, 0.3) is 5.91 Å². The van der Waals surface area contributed by atoms with Gasteiger partial charge in [0.15, 0.2) is 6.61 Å². The topological polar surface area (TPSA) is 107 Å². The van der Waals surface area contributed by atoms with E-state index in [1.165, 1.54) is 4.90 Å². The van der Waals surface area contributed by atoms with Gasteiger partial charge in [0.05, 0.1) is 6.54 Å². The molecule has 1 aromatic heterocycles. The number of ether oxygens (including phenoxy) is 2. The number of nitrogens with zero attached hydrogens (tertiary/aromatic N) is 2. The van der Waals surface area contributed by atoms with Crippen LogP contribution in [0, 0.1) is 20.8 Å². The molecule has 0 atom stereocenters. The lowest BCUT2D eigenvalue weighted by molar-refractivity contribution is -0.130. The molecule has 0 aliphatic carbocycles. The number of likely N-dealkylation sites (N-methyl/N-ethyl adjacent to an activating group) is 1. The van der Waals surface area contributed by atoms with Crippen molar-refractivity contribution in [3.63, 3.8) is 0 Å². The predicted molar refractivity (Wildman–Crippen MR) is 144 cm³/mol. The van der Waals surface area contributed by atoms with Gasteiger partial charge in [-0.1, -0.05) is 30.3 Å². The van der Waals surface area contributed by atoms with Gasteiger partial charge in [0.1, 0.15) is 18.1 Å². The number of H-pyrrole nitrogens is 1. The average Bonchev–Trinajstić information content (AvgIpc) is 3.19. The number of amides is 1. The summed E-state index contributed by atoms with van der Waals surface area (Å²) in [5.41, 5.74) is 6.76. The van der Waals surface area contributed by atoms with E-state index in [2.05, 4.69) is 18.0 Å². The number of hydrogen-bond donors (Lipinski definition) is 1. The molecular formula is C29H31N3O6. The second kappa shape index (κ2) is 11.2. The summed E-state index contributed by atoms with van der Waals surface area (Å²) in [5, 5.41) is 0. The summed E-state index contributed by atoms with van der Waals surface area (Å²) in [6.45, 7) is 6.70. The molecule has 0 aliphatic rings. The Bertz CT molecular complexity index is 1540. The van der Waals surface area contributed by atoms with Crippen LogP contribution < -0.4 is 20.9 Å². The Hall–Kier alpha value is -4.53. The predicted octanol–water partition coefficient (Wildman–Crippen LogP) is 3.82. The monoisotopic (exact) mass is 517 g/mol. The van der Waals surface area contributed by atoms with E-state index in [4.69, 9.17) is 14.0 Å². The molecule has 0 fully saturated rings. The molecule has 0 saturated carbocycles. The van der Waals surface area contributed by atoms with Crippen molar-refractivity contribution in [1.29, 1.82) is 0 Å². The maximum atomic E-state index is 11.9. The fourth-order valence-corrected chi connectivity index (χ4v) is 4.25. The van der Waals surface area contributed by atoms with Crippen molar-refractivity contribution in [2.45, 2.75) is 33.9 Å². The minimum Gasteiger partial charge on any atom is -0.489 e. The van der Waals surface area contributed by atoms with Crippen LogP contribution in [0.25, 0.3) is 11.1 Å². The number of carbonyl (C=O) groups is 1. The van der Waals surface area contributed by atoms with Crippen molar-refractivity contribution < 1.29 is 18.8 Å². The van der Waals surface area contributed by atoms with Crippen molar-refractivity contribution >= 4 is 5.91 Å². The zero-order chi connectivity index (χ0) is 27.4. The summed E-state index contributed by atoms with van der Waals surface area (Å²) >= 11 is 0. The normalized spacial score (nSPS) is 10.9. The number of benzene rings is 3. The Kier molecular flexibility index (Phi) is 7.85. The van der Waals surface area contributed by atoms with Gasteiger partial charge in [-0.2, -0.15) is 0 Å². The highest BCUT2D eigenvalue weighted by molar-refractivity contribution is 5.78. The number of aryl methyl sites for hydroxylation is 2. The van der Waals surface area contributed by atoms with Crippen molar-refractivity contribution in [3.05, 3.63) is 103 Å². The van der Waals surface area contributed by atoms with Gasteiger partial charge in [0.2, 0.25) is 0 Å². The van der Waals surface area contributed by atoms with E-state index >= 15 is 0 Å². The minimum absolute atomic E-state index is 0.000895. The van der Waals surface area contributed by atoms with Crippen molar-refractivity contribution in [2.75, 3.05) is 20.7 Å². The standard InChI is InChI=1S/C29H31N3O6/c1-18-13-24(37-17-26(33)31(4)5)14-19(2)27(18)25-8-6-7-22(20(25)3)16-36-23-11-9-21(10-12-23)15-32-28(34)30-29(35)38-32/h6-14H,15-17H2,1-5H3,(H,30,34,35). The van der Waals surface area contributed by atoms with Crippen molar-refractivity contribution in [1.82, 2.24) is 14.6 Å². The number of aromatic nitrogens is 2. The quantitative estimate of drug-likeness (QED) is 0.362. The molecule has 1 amide bonds. The summed E-state index contributed by atoms with van der Waals surface area (Å²) in [6.07, 6.45) is 0. The van der Waals surface area contributed by atoms with Gasteiger partial charge >= 0.3 is 11.4 Å². The Labute approximate surface area is 220 Å². The average molecular weight is 518 g/mol. The smallest absolute Gasteiger partial charge is 0.440 e. The Balaban J connectivity index is 1.47. The highest BCUT2D eigenvalue weighted by Crippen LogP contribution is 2.34. The van der Waals surface area contributed by atoms with E-state index in [-0.39, 0.29) is 19.1 Å². The van der Waals surface area contributed by atoms with Crippen LogP contribution in [-0.4, -0.2) is 41.2 Å². The lowest BCUT2D eigenvalue weighted by Crippen LogP contribution is -2.27. The molecule has 3 aromatic carbocycles. The van der Waals surface area contributed by atoms with E-state index < -0.39 is 11.4 Å². The Morgan fingerprint density at radius 3 is 2.24 bits per heavy atom. The van der Waals surface area contributed by atoms with Crippen LogP contribution >= 0.6 is 0 Å². The third-order valence-corrected chi connectivity index (χ3v) is 6.36. The molecule has 0 unspecified atom stereocenters. The first-order valence-corrected chi connectivity index (χ1v) is 12.2. The molecule has 0 saturated heterocycles. The third kappa shape index (κ3) is 6.05. The maximum Gasteiger partial charge on any atom is 0.440 e. The van der Waals surface area contributed by atoms with Gasteiger partial charge in [0, 0.05) is 14.1 Å². The molecule has 4 aromatic rings. The summed E-state index contributed by atoms with van der Waals surface area (Å²) in [4.78, 5) is 38.2. The van der Waals surface area contributed by atoms with Crippen LogP contribution in [0.4, 0.5) is 0 Å². The van der Waals surface area contributed by atoms with Crippen LogP contribution in [-0.2, 0) is 17.9 Å². The number of nitrogens with one attached hydrogen (secondary N) is 1. The second-order valence-corrected chi connectivity index (χ2v) is 9.38. The summed E-state index contributed by atoms with van der Waals surface area (Å²) in [6, 6.07) is 17.4. The Morgan fingerprint density at radius 2 is 1.63 bits per heavy atom. The van der Waals surface area contributed by atoms with E-state index in [0.717, 1.165) is 43.7 Å². The first-order valence-electron chi connectivity index (χ1n) is 12.2. The second-order valence-electron chi connectivity index (χ2n) is 9.38. The van der Waals surface area contributed by atoms with Gasteiger partial charge < -0.3 is 18.9 Å². The van der Waals surface area contributed by atoms with Crippen molar-refractivity contribution in [2.24, 2.45) is 0 Å². The van der Waals surface area contributed by atoms with Gasteiger partial charge in [-0.15, -0.1) is 4.74 Å². The fourth-order valence-electron chi connectivity index (χ4n) is 4.25. The van der Waals surface area contributed by atoms with Gasteiger partial charge in [-0.3, -0.25) is 4.79 Å². The first-order chi connectivity index (χ1) is 18.1. The van der Waals surface area contributed by atoms with E-state index in [0.29, 0.717) is 18.1 Å². The number of hydrogen-bond acceptors (Lipinski definition) is 6. The van der Waals surface area contributed by atoms with E-state index in [1.54, 1.807) is 14.1 Å². The summed E-state index contributed by atoms with van der Waals surface area (Å²) in [7, 11) is 3.41. The molecule has 1 heterocycles. The first kappa shape index (κ1) is 26.5. The molecule has 4 rings (SSSR count). The highest BCUT2D eigenvalue weighted by Gasteiger charge is 2.14. The molecule has 9 nitrogen and oxygen atoms in total. The van der Waals surface area contributed by atoms with Crippen molar-refractivity contribution in [3.8, 4) is 22.6 Å². The number of aromatic amines is 1. The number of carbonyl (C=O) groups excluding carboxylic acids is 1. The molecule has 0 spiro atoms. The summed E-state index contributed by atoms with van der Waals surface area (Å²) in [5.74, 6) is 0.483. The number of rotatable bonds is 9. The van der Waals surface area contributed by atoms with Gasteiger partial charge in [-0.05, 0) is 84.0 Å². The molecule has 0 aliphatic heterocycles. The largest absolute Gasteiger partial charge is 0.489 e. The zero-order valence-electron chi connectivity index (χ0n) is 22.2. The van der Waals surface area contributed by atoms with Crippen LogP contribution in [0.15, 0.2) is 68.7 Å². The van der Waals surface area contributed by atoms with Crippen LogP contribution in [0.2, 0.25) is 0 Å². The van der Waals surface area contributed by atoms with E-state index in [1.807, 2.05) is 62.4 Å². The van der Waals surface area contributed by atoms with Crippen LogP contribution in [0.5, 0.6) is 11.5 Å². The lowest BCUT2D eigenvalue weighted by atomic mass is 9.90. The molecule has 0 radical (unpaired) electrons. The molecule has 198 valence electrons. The molecule has 9 heteroatoms. The lowest BCUT2D eigenvalue weighted by Gasteiger charge is -2.18. The molecule has 0 bridgehead atoms. The zero-order valence-corrected chi connectivity index (χ0v) is 22.2. The van der Waals surface area contributed by atoms with Crippen LogP contribution in [0.3, 0.4) is 0 Å². The SMILES string of the molecule is Cc1cc(OCC(=O)N(C)C)cc(C)c1-c1cccc(COc2ccc(Cn3oc(=O)[nH]c3=O)cc2)c1C. The molecular weight excluding hydrogens is 486 g/mol. The fraction of sp³-hybridized carbons (Fsp3) is 0.276. The highest BCUT2D eigenvalue weighted by atomic mass is 16.5. The van der Waals surface area contributed by atoms with Crippen LogP contribution in [0.1, 0.15) is 27.8 Å². The third-order valence-electron chi connectivity index (χ3n) is 6.36. The molecule has 38 heavy (non-hydrogen) atoms.